The van der Waals surface area contributed by atoms with Crippen molar-refractivity contribution in [2.45, 2.75) is 347 Å². The average Bonchev–Trinajstić information content (AvgIpc) is 3.75. The van der Waals surface area contributed by atoms with Gasteiger partial charge < -0.3 is 33.3 Å². The summed E-state index contributed by atoms with van der Waals surface area (Å²) in [6.45, 7) is 4.62. The van der Waals surface area contributed by atoms with Gasteiger partial charge in [-0.1, -0.05) is 340 Å². The Morgan fingerprint density at radius 1 is 0.326 bits per heavy atom. The van der Waals surface area contributed by atoms with Crippen LogP contribution in [0, 0.1) is 0 Å². The number of unbranched alkanes of at least 4 members (excludes halogenated alkanes) is 35. The number of esters is 2. The molecule has 0 aromatic carbocycles. The van der Waals surface area contributed by atoms with Gasteiger partial charge in [-0.2, -0.15) is 0 Å². The van der Waals surface area contributed by atoms with Gasteiger partial charge in [0, 0.05) is 12.8 Å². The van der Waals surface area contributed by atoms with Crippen molar-refractivity contribution >= 4 is 17.9 Å². The molecule has 9 nitrogen and oxygen atoms in total. The number of allylic oxidation sites excluding steroid dienone is 22. The number of aliphatic carboxylic acids is 1. The zero-order valence-electron chi connectivity index (χ0n) is 62.3. The smallest absolute Gasteiger partial charge is 0.306 e. The highest BCUT2D eigenvalue weighted by Crippen LogP contribution is 2.18. The summed E-state index contributed by atoms with van der Waals surface area (Å²) in [7, 11) is 5.92. The number of carbonyl (C=O) groups excluding carboxylic acids is 3. The van der Waals surface area contributed by atoms with Crippen LogP contribution in [0.3, 0.4) is 0 Å². The maximum Gasteiger partial charge on any atom is 0.306 e. The van der Waals surface area contributed by atoms with Gasteiger partial charge in [-0.05, 0) is 116 Å². The lowest BCUT2D eigenvalue weighted by atomic mass is 10.0. The lowest BCUT2D eigenvalue weighted by Crippen LogP contribution is -2.44. The molecule has 0 amide bonds. The fourth-order valence-electron chi connectivity index (χ4n) is 10.9. The van der Waals surface area contributed by atoms with E-state index in [9.17, 15) is 19.5 Å². The largest absolute Gasteiger partial charge is 0.545 e. The van der Waals surface area contributed by atoms with Gasteiger partial charge in [0.2, 0.25) is 0 Å². The van der Waals surface area contributed by atoms with Crippen LogP contribution in [0.2, 0.25) is 0 Å². The molecule has 0 saturated carbocycles. The van der Waals surface area contributed by atoms with E-state index in [2.05, 4.69) is 148 Å². The molecule has 0 N–H and O–H groups in total. The van der Waals surface area contributed by atoms with Crippen molar-refractivity contribution in [2.24, 2.45) is 0 Å². The minimum Gasteiger partial charge on any atom is -0.545 e. The molecule has 0 fully saturated rings. The highest BCUT2D eigenvalue weighted by molar-refractivity contribution is 5.70. The molecule has 0 spiro atoms. The van der Waals surface area contributed by atoms with E-state index in [0.29, 0.717) is 17.4 Å². The molecule has 2 atom stereocenters. The molecular formula is C86H147NO8. The Morgan fingerprint density at radius 2 is 0.600 bits per heavy atom. The summed E-state index contributed by atoms with van der Waals surface area (Å²) in [6.07, 6.45) is 106. The van der Waals surface area contributed by atoms with Gasteiger partial charge in [-0.25, -0.2) is 0 Å². The second kappa shape index (κ2) is 75.2. The van der Waals surface area contributed by atoms with E-state index in [1.807, 2.05) is 21.1 Å². The number of carboxylic acids is 1. The van der Waals surface area contributed by atoms with E-state index < -0.39 is 24.3 Å². The van der Waals surface area contributed by atoms with Crippen LogP contribution in [0.15, 0.2) is 134 Å². The second-order valence-electron chi connectivity index (χ2n) is 27.3. The van der Waals surface area contributed by atoms with Gasteiger partial charge in [0.1, 0.15) is 13.2 Å². The third kappa shape index (κ3) is 76.7. The van der Waals surface area contributed by atoms with Gasteiger partial charge >= 0.3 is 11.9 Å². The number of hydrogen-bond acceptors (Lipinski definition) is 8. The van der Waals surface area contributed by atoms with Gasteiger partial charge in [0.15, 0.2) is 12.4 Å². The number of rotatable bonds is 72. The minimum atomic E-state index is -1.64. The molecule has 0 aromatic rings. The molecule has 95 heavy (non-hydrogen) atoms. The summed E-state index contributed by atoms with van der Waals surface area (Å²) in [4.78, 5) is 37.6. The topological polar surface area (TPSA) is 111 Å². The van der Waals surface area contributed by atoms with Crippen LogP contribution in [0.1, 0.15) is 335 Å². The normalized spacial score (nSPS) is 13.4. The van der Waals surface area contributed by atoms with E-state index >= 15 is 0 Å². The zero-order chi connectivity index (χ0) is 69.0. The van der Waals surface area contributed by atoms with Crippen LogP contribution in [-0.2, 0) is 33.3 Å². The standard InChI is InChI=1S/C86H147NO8/c1-6-8-10-12-14-16-18-20-22-24-26-28-30-32-34-36-38-40-41-42-43-45-46-48-50-52-54-56-58-60-62-64-66-68-70-72-74-76-83(88)93-80-82(81-94-86(85(90)91)92-79-78-87(3,4)5)95-84(89)77-75-73-71-69-67-65-63-61-59-57-55-53-51-49-47-44-39-37-35-33-31-29-27-25-23-21-19-17-15-13-11-9-7-2/h9,11,15,17-18,20-21,23-24,26-27,29,33,35,39,44,49,51,55,57,61,63,82,86H,6-8,10,12-14,16,19,22,25,28,30-32,34,36-38,40-43,45-48,50,52-54,56,58-60,62,64-81H2,1-5H3/b11-9-,17-15-,20-18-,23-21-,26-24-,29-27-,35-33-,44-39-,51-49-,57-55-,63-61-. The Balaban J connectivity index is 4.09. The number of quaternary nitrogens is 1. The second-order valence-corrected chi connectivity index (χ2v) is 27.3. The van der Waals surface area contributed by atoms with Gasteiger partial charge in [-0.3, -0.25) is 9.59 Å². The van der Waals surface area contributed by atoms with Crippen LogP contribution >= 0.6 is 0 Å². The molecule has 0 rings (SSSR count). The van der Waals surface area contributed by atoms with Crippen LogP contribution in [0.25, 0.3) is 0 Å². The van der Waals surface area contributed by atoms with Crippen molar-refractivity contribution in [1.82, 2.24) is 0 Å². The highest BCUT2D eigenvalue weighted by Gasteiger charge is 2.22. The maximum atomic E-state index is 13.0. The van der Waals surface area contributed by atoms with Crippen LogP contribution < -0.4 is 5.11 Å². The zero-order valence-corrected chi connectivity index (χ0v) is 62.3. The molecule has 544 valence electrons. The Hall–Kier alpha value is -4.57. The molecule has 2 unspecified atom stereocenters. The molecule has 0 aliphatic carbocycles. The first-order valence-corrected chi connectivity index (χ1v) is 39.3. The summed E-state index contributed by atoms with van der Waals surface area (Å²) < 4.78 is 22.8. The van der Waals surface area contributed by atoms with Crippen LogP contribution in [0.5, 0.6) is 0 Å². The first-order chi connectivity index (χ1) is 46.6. The summed E-state index contributed by atoms with van der Waals surface area (Å²) in [5, 5.41) is 11.9. The number of carboxylic acid groups (broad SMARTS) is 1. The summed E-state index contributed by atoms with van der Waals surface area (Å²) in [6, 6.07) is 0. The molecule has 0 bridgehead atoms. The Labute approximate surface area is 586 Å². The highest BCUT2D eigenvalue weighted by atomic mass is 16.7. The Kier molecular flexibility index (Phi) is 71.6. The first-order valence-electron chi connectivity index (χ1n) is 39.3. The third-order valence-electron chi connectivity index (χ3n) is 16.9. The number of ether oxygens (including phenoxy) is 4. The predicted molar refractivity (Wildman–Crippen MR) is 407 cm³/mol. The number of nitrogens with zero attached hydrogens (tertiary/aromatic N) is 1. The Morgan fingerprint density at radius 3 is 0.895 bits per heavy atom. The molecule has 0 radical (unpaired) electrons. The number of likely N-dealkylation sites (N-methyl/N-ethyl adjacent to an activating group) is 1. The average molecular weight is 1320 g/mol. The third-order valence-corrected chi connectivity index (χ3v) is 16.9. The molecule has 0 saturated heterocycles. The quantitative estimate of drug-likeness (QED) is 0.0195. The molecule has 9 heteroatoms. The first kappa shape index (κ1) is 90.4. The van der Waals surface area contributed by atoms with E-state index in [0.717, 1.165) is 116 Å². The van der Waals surface area contributed by atoms with Crippen molar-refractivity contribution in [1.29, 1.82) is 0 Å². The molecule has 0 heterocycles. The summed E-state index contributed by atoms with van der Waals surface area (Å²) in [5.74, 6) is -2.31. The van der Waals surface area contributed by atoms with Gasteiger partial charge in [0.05, 0.1) is 40.3 Å². The number of carbonyl (C=O) groups is 3. The van der Waals surface area contributed by atoms with E-state index in [4.69, 9.17) is 18.9 Å². The van der Waals surface area contributed by atoms with Crippen LogP contribution in [0.4, 0.5) is 0 Å². The van der Waals surface area contributed by atoms with Crippen molar-refractivity contribution in [3.8, 4) is 0 Å². The van der Waals surface area contributed by atoms with Crippen LogP contribution in [-0.4, -0.2) is 82.3 Å². The van der Waals surface area contributed by atoms with Crippen molar-refractivity contribution in [3.63, 3.8) is 0 Å². The van der Waals surface area contributed by atoms with Crippen molar-refractivity contribution in [2.75, 3.05) is 47.5 Å². The molecule has 0 aliphatic rings. The van der Waals surface area contributed by atoms with E-state index in [1.165, 1.54) is 186 Å². The fourth-order valence-corrected chi connectivity index (χ4v) is 10.9. The van der Waals surface area contributed by atoms with Crippen molar-refractivity contribution in [3.05, 3.63) is 134 Å². The summed E-state index contributed by atoms with van der Waals surface area (Å²) >= 11 is 0. The fraction of sp³-hybridized carbons (Fsp3) is 0.709. The predicted octanol–water partition coefficient (Wildman–Crippen LogP) is 23.9. The molecular weight excluding hydrogens is 1170 g/mol. The summed E-state index contributed by atoms with van der Waals surface area (Å²) in [5.41, 5.74) is 0. The van der Waals surface area contributed by atoms with Gasteiger partial charge in [-0.15, -0.1) is 0 Å². The monoisotopic (exact) mass is 1320 g/mol. The van der Waals surface area contributed by atoms with E-state index in [-0.39, 0.29) is 38.6 Å². The van der Waals surface area contributed by atoms with Gasteiger partial charge in [0.25, 0.3) is 0 Å². The number of hydrogen-bond donors (Lipinski definition) is 0. The Bertz CT molecular complexity index is 2030. The SMILES string of the molecule is CC/C=C\C/C=C\C/C=C\C/C=C\C/C=C\C/C=C\C/C=C\C/C=C\C/C=C\CCCCCCCC(=O)OC(COC(=O)CCCCCCCCCCCCCCCCCCCCCCCCCCC/C=C\C/C=C\CCCCCCC)COC(OCC[N+](C)(C)C)C(=O)[O-]. The van der Waals surface area contributed by atoms with Crippen molar-refractivity contribution < 1.29 is 42.9 Å². The maximum absolute atomic E-state index is 13.0. The molecule has 0 aliphatic heterocycles. The van der Waals surface area contributed by atoms with E-state index in [1.54, 1.807) is 0 Å². The lowest BCUT2D eigenvalue weighted by molar-refractivity contribution is -0.870. The molecule has 0 aromatic heterocycles. The minimum absolute atomic E-state index is 0.138. The lowest BCUT2D eigenvalue weighted by Gasteiger charge is -2.26.